The van der Waals surface area contributed by atoms with Crippen molar-refractivity contribution in [2.75, 3.05) is 0 Å². The van der Waals surface area contributed by atoms with Crippen LogP contribution in [0.4, 0.5) is 0 Å². The quantitative estimate of drug-likeness (QED) is 0.735. The molecule has 1 N–H and O–H groups in total. The maximum Gasteiger partial charge on any atom is 0.303 e. The van der Waals surface area contributed by atoms with E-state index < -0.39 is 5.97 Å². The zero-order chi connectivity index (χ0) is 16.1. The van der Waals surface area contributed by atoms with Gasteiger partial charge < -0.3 is 5.11 Å². The molecule has 0 saturated carbocycles. The lowest BCUT2D eigenvalue weighted by Crippen LogP contribution is -1.95. The fourth-order valence-electron chi connectivity index (χ4n) is 2.35. The molecular weight excluding hydrogens is 308 g/mol. The zero-order valence-electron chi connectivity index (χ0n) is 12.5. The van der Waals surface area contributed by atoms with Gasteiger partial charge in [-0.1, -0.05) is 30.3 Å². The number of aryl methyl sites for hydroxylation is 1. The monoisotopic (exact) mass is 324 g/mol. The lowest BCUT2D eigenvalue weighted by molar-refractivity contribution is -0.137. The Morgan fingerprint density at radius 1 is 1.09 bits per heavy atom. The van der Waals surface area contributed by atoms with E-state index in [-0.39, 0.29) is 6.42 Å². The normalized spacial score (nSPS) is 10.6. The first-order valence-electron chi connectivity index (χ1n) is 7.41. The molecule has 2 aromatic heterocycles. The van der Waals surface area contributed by atoms with E-state index in [4.69, 9.17) is 10.1 Å². The molecule has 1 aromatic carbocycles. The van der Waals surface area contributed by atoms with Crippen LogP contribution in [0.25, 0.3) is 21.7 Å². The van der Waals surface area contributed by atoms with Crippen LogP contribution < -0.4 is 0 Å². The number of benzene rings is 1. The highest BCUT2D eigenvalue weighted by Gasteiger charge is 2.15. The molecule has 0 radical (unpaired) electrons. The Kier molecular flexibility index (Phi) is 4.78. The third-order valence-electron chi connectivity index (χ3n) is 3.42. The first-order chi connectivity index (χ1) is 11.2. The molecule has 0 fully saturated rings. The summed E-state index contributed by atoms with van der Waals surface area (Å²) in [6.07, 6.45) is 5.00. The van der Waals surface area contributed by atoms with Gasteiger partial charge in [-0.05, 0) is 30.5 Å². The van der Waals surface area contributed by atoms with Crippen molar-refractivity contribution >= 4 is 17.3 Å². The summed E-state index contributed by atoms with van der Waals surface area (Å²) in [5.74, 6) is -0.766. The van der Waals surface area contributed by atoms with E-state index in [1.165, 1.54) is 0 Å². The molecule has 0 spiro atoms. The van der Waals surface area contributed by atoms with Crippen LogP contribution in [0.1, 0.15) is 17.8 Å². The number of hydrogen-bond donors (Lipinski definition) is 1. The maximum absolute atomic E-state index is 10.7. The molecule has 0 amide bonds. The number of aromatic nitrogens is 2. The van der Waals surface area contributed by atoms with E-state index in [1.807, 2.05) is 36.5 Å². The van der Waals surface area contributed by atoms with Gasteiger partial charge in [0.15, 0.2) is 0 Å². The number of rotatable bonds is 6. The Hall–Kier alpha value is -2.53. The molecule has 0 atom stereocenters. The molecule has 3 aromatic rings. The number of hydrogen-bond acceptors (Lipinski definition) is 4. The van der Waals surface area contributed by atoms with Crippen molar-refractivity contribution in [1.29, 1.82) is 0 Å². The van der Waals surface area contributed by atoms with Gasteiger partial charge in [-0.3, -0.25) is 9.78 Å². The van der Waals surface area contributed by atoms with E-state index in [0.29, 0.717) is 12.8 Å². The largest absolute Gasteiger partial charge is 0.481 e. The third kappa shape index (κ3) is 3.81. The van der Waals surface area contributed by atoms with Gasteiger partial charge in [-0.25, -0.2) is 4.98 Å². The van der Waals surface area contributed by atoms with E-state index >= 15 is 0 Å². The number of nitrogens with zero attached hydrogens (tertiary/aromatic N) is 2. The molecule has 0 saturated heterocycles. The minimum Gasteiger partial charge on any atom is -0.481 e. The number of thiazole rings is 1. The first-order valence-corrected chi connectivity index (χ1v) is 8.23. The Morgan fingerprint density at radius 3 is 2.57 bits per heavy atom. The molecular formula is C18H16N2O2S. The summed E-state index contributed by atoms with van der Waals surface area (Å²) in [7, 11) is 0. The van der Waals surface area contributed by atoms with Crippen molar-refractivity contribution in [1.82, 2.24) is 9.97 Å². The van der Waals surface area contributed by atoms with E-state index in [9.17, 15) is 4.79 Å². The smallest absolute Gasteiger partial charge is 0.303 e. The van der Waals surface area contributed by atoms with E-state index in [0.717, 1.165) is 26.7 Å². The molecule has 0 aliphatic heterocycles. The van der Waals surface area contributed by atoms with Crippen LogP contribution >= 0.6 is 11.3 Å². The Bertz CT molecular complexity index is 728. The molecule has 116 valence electrons. The molecule has 0 aliphatic rings. The summed E-state index contributed by atoms with van der Waals surface area (Å²) in [4.78, 5) is 20.7. The molecule has 0 aliphatic carbocycles. The van der Waals surface area contributed by atoms with Crippen molar-refractivity contribution in [2.24, 2.45) is 0 Å². The topological polar surface area (TPSA) is 63.1 Å². The third-order valence-corrected chi connectivity index (χ3v) is 4.59. The highest BCUT2D eigenvalue weighted by molar-refractivity contribution is 7.15. The second-order valence-corrected chi connectivity index (χ2v) is 6.22. The molecule has 0 bridgehead atoms. The van der Waals surface area contributed by atoms with Gasteiger partial charge in [0.05, 0.1) is 15.6 Å². The molecule has 3 rings (SSSR count). The number of carboxylic acids is 1. The van der Waals surface area contributed by atoms with Crippen LogP contribution in [-0.4, -0.2) is 21.0 Å². The van der Waals surface area contributed by atoms with Crippen LogP contribution in [0.5, 0.6) is 0 Å². The average Bonchev–Trinajstić information content (AvgIpc) is 3.00. The van der Waals surface area contributed by atoms with Crippen LogP contribution in [-0.2, 0) is 11.2 Å². The van der Waals surface area contributed by atoms with Crippen LogP contribution in [0.15, 0.2) is 54.9 Å². The zero-order valence-corrected chi connectivity index (χ0v) is 13.3. The van der Waals surface area contributed by atoms with Crippen molar-refractivity contribution in [3.05, 3.63) is 59.9 Å². The lowest BCUT2D eigenvalue weighted by Gasteiger charge is -2.01. The minimum atomic E-state index is -0.766. The second kappa shape index (κ2) is 7.15. The van der Waals surface area contributed by atoms with Crippen LogP contribution in [0.2, 0.25) is 0 Å². The minimum absolute atomic E-state index is 0.169. The average molecular weight is 324 g/mol. The van der Waals surface area contributed by atoms with Gasteiger partial charge in [-0.15, -0.1) is 11.3 Å². The first kappa shape index (κ1) is 15.4. The molecule has 23 heavy (non-hydrogen) atoms. The maximum atomic E-state index is 10.7. The van der Waals surface area contributed by atoms with E-state index in [2.05, 4.69) is 17.1 Å². The summed E-state index contributed by atoms with van der Waals surface area (Å²) in [6, 6.07) is 14.0. The van der Waals surface area contributed by atoms with Gasteiger partial charge in [0, 0.05) is 24.4 Å². The standard InChI is InChI=1S/C18H16N2O2S/c21-16(22)10-4-9-15-20-17(14-8-5-11-19-12-14)18(23-15)13-6-2-1-3-7-13/h1-3,5-8,11-12H,4,9-10H2,(H,21,22). The lowest BCUT2D eigenvalue weighted by atomic mass is 10.1. The van der Waals surface area contributed by atoms with Gasteiger partial charge in [-0.2, -0.15) is 0 Å². The van der Waals surface area contributed by atoms with Crippen LogP contribution in [0.3, 0.4) is 0 Å². The highest BCUT2D eigenvalue weighted by atomic mass is 32.1. The summed E-state index contributed by atoms with van der Waals surface area (Å²) < 4.78 is 0. The molecule has 0 unspecified atom stereocenters. The van der Waals surface area contributed by atoms with Gasteiger partial charge in [0.1, 0.15) is 0 Å². The predicted octanol–water partition coefficient (Wildman–Crippen LogP) is 4.28. The molecule has 2 heterocycles. The number of aliphatic carboxylic acids is 1. The highest BCUT2D eigenvalue weighted by Crippen LogP contribution is 2.36. The van der Waals surface area contributed by atoms with Gasteiger partial charge in [0.2, 0.25) is 0 Å². The Balaban J connectivity index is 1.96. The summed E-state index contributed by atoms with van der Waals surface area (Å²) in [6.45, 7) is 0. The van der Waals surface area contributed by atoms with Crippen molar-refractivity contribution in [2.45, 2.75) is 19.3 Å². The molecule has 5 heteroatoms. The fraction of sp³-hybridized carbons (Fsp3) is 0.167. The summed E-state index contributed by atoms with van der Waals surface area (Å²) in [5, 5.41) is 9.74. The second-order valence-electron chi connectivity index (χ2n) is 5.14. The Labute approximate surface area is 138 Å². The van der Waals surface area contributed by atoms with Gasteiger partial charge in [0.25, 0.3) is 0 Å². The Morgan fingerprint density at radius 2 is 1.87 bits per heavy atom. The fourth-order valence-corrected chi connectivity index (χ4v) is 3.48. The van der Waals surface area contributed by atoms with Crippen molar-refractivity contribution in [3.63, 3.8) is 0 Å². The number of carboxylic acid groups (broad SMARTS) is 1. The number of pyridine rings is 1. The number of carbonyl (C=O) groups is 1. The van der Waals surface area contributed by atoms with Crippen LogP contribution in [0, 0.1) is 0 Å². The van der Waals surface area contributed by atoms with Gasteiger partial charge >= 0.3 is 5.97 Å². The predicted molar refractivity (Wildman–Crippen MR) is 91.4 cm³/mol. The van der Waals surface area contributed by atoms with Crippen molar-refractivity contribution < 1.29 is 9.90 Å². The molecule has 4 nitrogen and oxygen atoms in total. The summed E-state index contributed by atoms with van der Waals surface area (Å²) in [5.41, 5.74) is 3.01. The SMILES string of the molecule is O=C(O)CCCc1nc(-c2cccnc2)c(-c2ccccc2)s1. The summed E-state index contributed by atoms with van der Waals surface area (Å²) >= 11 is 1.63. The van der Waals surface area contributed by atoms with E-state index in [1.54, 1.807) is 17.5 Å². The van der Waals surface area contributed by atoms with Crippen molar-refractivity contribution in [3.8, 4) is 21.7 Å².